The molecule has 0 heterocycles. The van der Waals surface area contributed by atoms with E-state index in [-0.39, 0.29) is 35.1 Å². The maximum Gasteiger partial charge on any atom is 0.243 e. The summed E-state index contributed by atoms with van der Waals surface area (Å²) < 4.78 is 39.6. The molecule has 0 aromatic heterocycles. The molecule has 2 N–H and O–H groups in total. The van der Waals surface area contributed by atoms with Crippen LogP contribution in [0.15, 0.2) is 42.3 Å². The van der Waals surface area contributed by atoms with Crippen molar-refractivity contribution in [2.45, 2.75) is 11.4 Å². The first-order valence-electron chi connectivity index (χ1n) is 5.78. The second-order valence-corrected chi connectivity index (χ2v) is 6.30. The monoisotopic (exact) mass is 318 g/mol. The fourth-order valence-electron chi connectivity index (χ4n) is 1.62. The van der Waals surface area contributed by atoms with Gasteiger partial charge in [0.15, 0.2) is 0 Å². The number of halogens is 2. The lowest BCUT2D eigenvalue weighted by molar-refractivity contribution is 0.473. The topological polar surface area (TPSA) is 63.4 Å². The van der Waals surface area contributed by atoms with Crippen LogP contribution in [0.25, 0.3) is 0 Å². The number of benzene rings is 1. The molecule has 0 radical (unpaired) electrons. The number of nitrogens with two attached hydrogens (primary N) is 1. The average Bonchev–Trinajstić information content (AvgIpc) is 2.41. The third kappa shape index (κ3) is 3.46. The Hall–Kier alpha value is -1.21. The van der Waals surface area contributed by atoms with Crippen LogP contribution in [-0.2, 0) is 16.6 Å². The van der Waals surface area contributed by atoms with Crippen molar-refractivity contribution in [3.63, 3.8) is 0 Å². The fourth-order valence-corrected chi connectivity index (χ4v) is 3.26. The SMILES string of the molecule is C=CCN(CC=C)S(=O)(=O)c1cc(F)c(Cl)c(CN)c1. The zero-order chi connectivity index (χ0) is 15.3. The zero-order valence-corrected chi connectivity index (χ0v) is 12.4. The predicted octanol–water partition coefficient (Wildman–Crippen LogP) is 2.30. The highest BCUT2D eigenvalue weighted by Gasteiger charge is 2.24. The van der Waals surface area contributed by atoms with E-state index in [2.05, 4.69) is 13.2 Å². The Kier molecular flexibility index (Phi) is 5.88. The summed E-state index contributed by atoms with van der Waals surface area (Å²) in [5, 5.41) is -0.162. The van der Waals surface area contributed by atoms with Crippen molar-refractivity contribution < 1.29 is 12.8 Å². The first-order valence-corrected chi connectivity index (χ1v) is 7.60. The van der Waals surface area contributed by atoms with Crippen LogP contribution in [0.3, 0.4) is 0 Å². The van der Waals surface area contributed by atoms with E-state index in [1.807, 2.05) is 0 Å². The molecule has 7 heteroatoms. The summed E-state index contributed by atoms with van der Waals surface area (Å²) in [6.45, 7) is 7.13. The molecule has 1 rings (SSSR count). The van der Waals surface area contributed by atoms with Crippen molar-refractivity contribution in [3.05, 3.63) is 53.8 Å². The van der Waals surface area contributed by atoms with Crippen molar-refractivity contribution >= 4 is 21.6 Å². The average molecular weight is 319 g/mol. The molecule has 0 spiro atoms. The van der Waals surface area contributed by atoms with Crippen LogP contribution in [-0.4, -0.2) is 25.8 Å². The van der Waals surface area contributed by atoms with Crippen molar-refractivity contribution in [2.24, 2.45) is 5.73 Å². The van der Waals surface area contributed by atoms with Gasteiger partial charge in [-0.05, 0) is 17.7 Å². The number of sulfonamides is 1. The summed E-state index contributed by atoms with van der Waals surface area (Å²) in [5.41, 5.74) is 5.67. The highest BCUT2D eigenvalue weighted by molar-refractivity contribution is 7.89. The zero-order valence-electron chi connectivity index (χ0n) is 10.9. The van der Waals surface area contributed by atoms with E-state index in [9.17, 15) is 12.8 Å². The highest BCUT2D eigenvalue weighted by Crippen LogP contribution is 2.26. The second-order valence-electron chi connectivity index (χ2n) is 3.98. The highest BCUT2D eigenvalue weighted by atomic mass is 35.5. The third-order valence-corrected chi connectivity index (χ3v) is 4.83. The van der Waals surface area contributed by atoms with Gasteiger partial charge in [0, 0.05) is 19.6 Å². The van der Waals surface area contributed by atoms with E-state index >= 15 is 0 Å². The van der Waals surface area contributed by atoms with Crippen LogP contribution >= 0.6 is 11.6 Å². The molecule has 0 saturated carbocycles. The number of hydrogen-bond acceptors (Lipinski definition) is 3. The molecule has 0 amide bonds. The van der Waals surface area contributed by atoms with Gasteiger partial charge in [-0.1, -0.05) is 23.8 Å². The second kappa shape index (κ2) is 6.99. The Morgan fingerprint density at radius 1 is 1.30 bits per heavy atom. The summed E-state index contributed by atoms with van der Waals surface area (Å²) in [7, 11) is -3.86. The maximum absolute atomic E-state index is 13.7. The van der Waals surface area contributed by atoms with Crippen LogP contribution in [0.5, 0.6) is 0 Å². The van der Waals surface area contributed by atoms with Crippen molar-refractivity contribution in [2.75, 3.05) is 13.1 Å². The van der Waals surface area contributed by atoms with Crippen LogP contribution in [0.2, 0.25) is 5.02 Å². The summed E-state index contributed by atoms with van der Waals surface area (Å²) in [6, 6.07) is 2.16. The molecule has 1 aromatic carbocycles. The summed E-state index contributed by atoms with van der Waals surface area (Å²) >= 11 is 5.72. The first kappa shape index (κ1) is 16.8. The van der Waals surface area contributed by atoms with Crippen LogP contribution in [0.4, 0.5) is 4.39 Å². The van der Waals surface area contributed by atoms with Gasteiger partial charge >= 0.3 is 0 Å². The molecule has 0 aliphatic heterocycles. The van der Waals surface area contributed by atoms with Crippen LogP contribution in [0, 0.1) is 5.82 Å². The molecule has 0 fully saturated rings. The molecular weight excluding hydrogens is 303 g/mol. The van der Waals surface area contributed by atoms with E-state index in [0.29, 0.717) is 0 Å². The maximum atomic E-state index is 13.7. The minimum atomic E-state index is -3.86. The lowest BCUT2D eigenvalue weighted by Crippen LogP contribution is -2.31. The standard InChI is InChI=1S/C13H16ClFN2O2S/c1-3-5-17(6-4-2)20(18,19)11-7-10(9-16)13(14)12(15)8-11/h3-4,7-8H,1-2,5-6,9,16H2. The Morgan fingerprint density at radius 3 is 2.30 bits per heavy atom. The van der Waals surface area contributed by atoms with Crippen LogP contribution < -0.4 is 5.73 Å². The smallest absolute Gasteiger partial charge is 0.243 e. The molecular formula is C13H16ClFN2O2S. The van der Waals surface area contributed by atoms with E-state index in [1.54, 1.807) is 0 Å². The third-order valence-electron chi connectivity index (χ3n) is 2.60. The van der Waals surface area contributed by atoms with Crippen molar-refractivity contribution in [1.29, 1.82) is 0 Å². The van der Waals surface area contributed by atoms with E-state index in [4.69, 9.17) is 17.3 Å². The lowest BCUT2D eigenvalue weighted by Gasteiger charge is -2.19. The predicted molar refractivity (Wildman–Crippen MR) is 78.5 cm³/mol. The minimum absolute atomic E-state index is 0.0535. The molecule has 4 nitrogen and oxygen atoms in total. The molecule has 1 aromatic rings. The molecule has 0 saturated heterocycles. The van der Waals surface area contributed by atoms with Crippen LogP contribution in [0.1, 0.15) is 5.56 Å². The molecule has 0 aliphatic rings. The molecule has 0 unspecified atom stereocenters. The van der Waals surface area contributed by atoms with Crippen molar-refractivity contribution in [1.82, 2.24) is 4.31 Å². The van der Waals surface area contributed by atoms with Gasteiger partial charge < -0.3 is 5.73 Å². The van der Waals surface area contributed by atoms with Gasteiger partial charge in [-0.2, -0.15) is 4.31 Å². The van der Waals surface area contributed by atoms with Crippen molar-refractivity contribution in [3.8, 4) is 0 Å². The van der Waals surface area contributed by atoms with Gasteiger partial charge in [-0.25, -0.2) is 12.8 Å². The normalized spacial score (nSPS) is 11.6. The summed E-state index contributed by atoms with van der Waals surface area (Å²) in [6.07, 6.45) is 2.88. The molecule has 0 bridgehead atoms. The summed E-state index contributed by atoms with van der Waals surface area (Å²) in [4.78, 5) is -0.191. The first-order chi connectivity index (χ1) is 9.38. The molecule has 0 atom stereocenters. The number of rotatable bonds is 7. The van der Waals surface area contributed by atoms with Gasteiger partial charge in [-0.15, -0.1) is 13.2 Å². The van der Waals surface area contributed by atoms with Gasteiger partial charge in [0.2, 0.25) is 10.0 Å². The quantitative estimate of drug-likeness (QED) is 0.785. The van der Waals surface area contributed by atoms with E-state index in [1.165, 1.54) is 18.2 Å². The summed E-state index contributed by atoms with van der Waals surface area (Å²) in [5.74, 6) is -0.814. The Bertz CT molecular complexity index is 607. The Morgan fingerprint density at radius 2 is 1.85 bits per heavy atom. The van der Waals surface area contributed by atoms with Gasteiger partial charge in [0.25, 0.3) is 0 Å². The largest absolute Gasteiger partial charge is 0.326 e. The minimum Gasteiger partial charge on any atom is -0.326 e. The number of hydrogen-bond donors (Lipinski definition) is 1. The molecule has 110 valence electrons. The molecule has 0 aliphatic carbocycles. The Balaban J connectivity index is 3.36. The van der Waals surface area contributed by atoms with E-state index in [0.717, 1.165) is 10.4 Å². The van der Waals surface area contributed by atoms with Gasteiger partial charge in [-0.3, -0.25) is 0 Å². The fraction of sp³-hybridized carbons (Fsp3) is 0.231. The number of nitrogens with zero attached hydrogens (tertiary/aromatic N) is 1. The Labute approximate surface area is 123 Å². The van der Waals surface area contributed by atoms with Gasteiger partial charge in [0.05, 0.1) is 9.92 Å². The van der Waals surface area contributed by atoms with Gasteiger partial charge in [0.1, 0.15) is 5.82 Å². The lowest BCUT2D eigenvalue weighted by atomic mass is 10.2. The molecule has 20 heavy (non-hydrogen) atoms. The van der Waals surface area contributed by atoms with E-state index < -0.39 is 15.8 Å².